The molecule has 19 heavy (non-hydrogen) atoms. The summed E-state index contributed by atoms with van der Waals surface area (Å²) in [4.78, 5) is 23.0. The van der Waals surface area contributed by atoms with Crippen molar-refractivity contribution in [1.29, 1.82) is 0 Å². The first-order valence-electron chi connectivity index (χ1n) is 5.84. The summed E-state index contributed by atoms with van der Waals surface area (Å²) in [5.74, 6) is -1.22. The lowest BCUT2D eigenvalue weighted by atomic mass is 10.0. The number of esters is 2. The number of hydrogen-bond donors (Lipinski definition) is 0. The molecule has 0 aliphatic carbocycles. The number of hydrogen-bond acceptors (Lipinski definition) is 4. The smallest absolute Gasteiger partial charge is 0.337 e. The van der Waals surface area contributed by atoms with E-state index >= 15 is 0 Å². The predicted octanol–water partition coefficient (Wildman–Crippen LogP) is 2.58. The van der Waals surface area contributed by atoms with Crippen LogP contribution in [0.4, 0.5) is 0 Å². The lowest BCUT2D eigenvalue weighted by Gasteiger charge is -2.18. The van der Waals surface area contributed by atoms with Crippen LogP contribution in [0.2, 0.25) is 0 Å². The van der Waals surface area contributed by atoms with Gasteiger partial charge in [-0.25, -0.2) is 9.59 Å². The van der Waals surface area contributed by atoms with Gasteiger partial charge >= 0.3 is 11.9 Å². The van der Waals surface area contributed by atoms with Gasteiger partial charge in [-0.3, -0.25) is 0 Å². The van der Waals surface area contributed by atoms with Crippen molar-refractivity contribution in [2.24, 2.45) is 0 Å². The molecule has 0 heterocycles. The van der Waals surface area contributed by atoms with Gasteiger partial charge in [0.25, 0.3) is 0 Å². The third-order valence-electron chi connectivity index (χ3n) is 2.36. The molecule has 1 atom stereocenters. The van der Waals surface area contributed by atoms with Crippen LogP contribution >= 0.6 is 0 Å². The van der Waals surface area contributed by atoms with Crippen LogP contribution in [0.5, 0.6) is 0 Å². The van der Waals surface area contributed by atoms with Gasteiger partial charge in [-0.1, -0.05) is 43.5 Å². The standard InChI is InChI=1S/C15H16O4/c1-4-13(16)19-14(11(3)15(17)18-5-2)12-9-7-6-8-10-12/h4,6-10,14H,1,3,5H2,2H3. The number of rotatable bonds is 6. The van der Waals surface area contributed by atoms with Gasteiger partial charge < -0.3 is 9.47 Å². The Balaban J connectivity index is 2.99. The molecule has 0 saturated heterocycles. The molecule has 100 valence electrons. The molecular weight excluding hydrogens is 244 g/mol. The van der Waals surface area contributed by atoms with Crippen molar-refractivity contribution in [3.05, 3.63) is 60.7 Å². The van der Waals surface area contributed by atoms with Crippen LogP contribution in [0.3, 0.4) is 0 Å². The Bertz CT molecular complexity index is 476. The topological polar surface area (TPSA) is 52.6 Å². The third kappa shape index (κ3) is 4.10. The van der Waals surface area contributed by atoms with E-state index in [0.717, 1.165) is 6.08 Å². The van der Waals surface area contributed by atoms with Gasteiger partial charge in [-0.15, -0.1) is 0 Å². The molecule has 1 rings (SSSR count). The highest BCUT2D eigenvalue weighted by Crippen LogP contribution is 2.25. The maximum absolute atomic E-state index is 11.7. The van der Waals surface area contributed by atoms with Crippen LogP contribution in [0, 0.1) is 0 Å². The highest BCUT2D eigenvalue weighted by atomic mass is 16.6. The number of carbonyl (C=O) groups is 2. The minimum atomic E-state index is -0.870. The first kappa shape index (κ1) is 14.7. The Kier molecular flexibility index (Phi) is 5.54. The van der Waals surface area contributed by atoms with Crippen LogP contribution in [0.25, 0.3) is 0 Å². The summed E-state index contributed by atoms with van der Waals surface area (Å²) >= 11 is 0. The zero-order valence-electron chi connectivity index (χ0n) is 10.8. The third-order valence-corrected chi connectivity index (χ3v) is 2.36. The Labute approximate surface area is 112 Å². The normalized spacial score (nSPS) is 11.2. The van der Waals surface area contributed by atoms with Crippen molar-refractivity contribution in [2.45, 2.75) is 13.0 Å². The molecule has 0 saturated carbocycles. The molecule has 0 spiro atoms. The SMILES string of the molecule is C=CC(=O)OC(C(=C)C(=O)OCC)c1ccccc1. The van der Waals surface area contributed by atoms with Gasteiger partial charge in [0.05, 0.1) is 12.2 Å². The quantitative estimate of drug-likeness (QED) is 0.582. The molecule has 0 bridgehead atoms. The van der Waals surface area contributed by atoms with E-state index in [4.69, 9.17) is 9.47 Å². The summed E-state index contributed by atoms with van der Waals surface area (Å²) in [5, 5.41) is 0. The lowest BCUT2D eigenvalue weighted by Crippen LogP contribution is -2.18. The van der Waals surface area contributed by atoms with Crippen molar-refractivity contribution >= 4 is 11.9 Å². The average molecular weight is 260 g/mol. The van der Waals surface area contributed by atoms with E-state index in [1.165, 1.54) is 0 Å². The molecule has 1 aromatic rings. The first-order chi connectivity index (χ1) is 9.10. The van der Waals surface area contributed by atoms with Gasteiger partial charge in [-0.2, -0.15) is 0 Å². The summed E-state index contributed by atoms with van der Waals surface area (Å²) in [6.07, 6.45) is 0.166. The Morgan fingerprint density at radius 1 is 1.32 bits per heavy atom. The number of carbonyl (C=O) groups excluding carboxylic acids is 2. The van der Waals surface area contributed by atoms with E-state index in [2.05, 4.69) is 13.2 Å². The van der Waals surface area contributed by atoms with E-state index in [0.29, 0.717) is 5.56 Å². The molecule has 1 unspecified atom stereocenters. The van der Waals surface area contributed by atoms with Crippen molar-refractivity contribution in [3.8, 4) is 0 Å². The Hall–Kier alpha value is -2.36. The fourth-order valence-corrected chi connectivity index (χ4v) is 1.46. The van der Waals surface area contributed by atoms with Crippen molar-refractivity contribution in [2.75, 3.05) is 6.61 Å². The minimum absolute atomic E-state index is 0.0725. The molecule has 0 N–H and O–H groups in total. The maximum atomic E-state index is 11.7. The average Bonchev–Trinajstić information content (AvgIpc) is 2.44. The van der Waals surface area contributed by atoms with E-state index in [1.54, 1.807) is 31.2 Å². The molecule has 0 aliphatic rings. The summed E-state index contributed by atoms with van der Waals surface area (Å²) in [6.45, 7) is 8.90. The van der Waals surface area contributed by atoms with Crippen LogP contribution in [-0.4, -0.2) is 18.5 Å². The van der Waals surface area contributed by atoms with Gasteiger partial charge in [0.15, 0.2) is 6.10 Å². The van der Waals surface area contributed by atoms with Gasteiger partial charge in [0.1, 0.15) is 0 Å². The minimum Gasteiger partial charge on any atom is -0.463 e. The Morgan fingerprint density at radius 3 is 2.47 bits per heavy atom. The number of ether oxygens (including phenoxy) is 2. The molecule has 0 aliphatic heterocycles. The van der Waals surface area contributed by atoms with E-state index in [9.17, 15) is 9.59 Å². The summed E-state index contributed by atoms with van der Waals surface area (Å²) in [5.41, 5.74) is 0.721. The Morgan fingerprint density at radius 2 is 1.95 bits per heavy atom. The molecule has 1 aromatic carbocycles. The van der Waals surface area contributed by atoms with E-state index in [1.807, 2.05) is 6.07 Å². The molecular formula is C15H16O4. The van der Waals surface area contributed by atoms with Gasteiger partial charge in [0, 0.05) is 6.08 Å². The lowest BCUT2D eigenvalue weighted by molar-refractivity contribution is -0.145. The molecule has 0 aromatic heterocycles. The molecule has 0 radical (unpaired) electrons. The molecule has 0 amide bonds. The van der Waals surface area contributed by atoms with Crippen LogP contribution in [0.1, 0.15) is 18.6 Å². The van der Waals surface area contributed by atoms with Crippen molar-refractivity contribution in [1.82, 2.24) is 0 Å². The van der Waals surface area contributed by atoms with Crippen LogP contribution < -0.4 is 0 Å². The van der Waals surface area contributed by atoms with Crippen molar-refractivity contribution in [3.63, 3.8) is 0 Å². The highest BCUT2D eigenvalue weighted by molar-refractivity contribution is 5.90. The zero-order chi connectivity index (χ0) is 14.3. The summed E-state index contributed by atoms with van der Waals surface area (Å²) in [6, 6.07) is 8.87. The molecule has 4 heteroatoms. The van der Waals surface area contributed by atoms with E-state index < -0.39 is 18.0 Å². The molecule has 0 fully saturated rings. The fraction of sp³-hybridized carbons (Fsp3) is 0.200. The highest BCUT2D eigenvalue weighted by Gasteiger charge is 2.24. The van der Waals surface area contributed by atoms with Crippen molar-refractivity contribution < 1.29 is 19.1 Å². The second-order valence-corrected chi connectivity index (χ2v) is 3.68. The summed E-state index contributed by atoms with van der Waals surface area (Å²) < 4.78 is 10.0. The van der Waals surface area contributed by atoms with Crippen LogP contribution in [0.15, 0.2) is 55.1 Å². The van der Waals surface area contributed by atoms with Gasteiger partial charge in [-0.05, 0) is 12.5 Å². The predicted molar refractivity (Wildman–Crippen MR) is 71.2 cm³/mol. The monoisotopic (exact) mass is 260 g/mol. The maximum Gasteiger partial charge on any atom is 0.337 e. The van der Waals surface area contributed by atoms with Crippen LogP contribution in [-0.2, 0) is 19.1 Å². The summed E-state index contributed by atoms with van der Waals surface area (Å²) in [7, 11) is 0. The zero-order valence-corrected chi connectivity index (χ0v) is 10.8. The largest absolute Gasteiger partial charge is 0.463 e. The second-order valence-electron chi connectivity index (χ2n) is 3.68. The first-order valence-corrected chi connectivity index (χ1v) is 5.84. The van der Waals surface area contributed by atoms with E-state index in [-0.39, 0.29) is 12.2 Å². The molecule has 4 nitrogen and oxygen atoms in total. The van der Waals surface area contributed by atoms with Gasteiger partial charge in [0.2, 0.25) is 0 Å². The number of benzene rings is 1. The second kappa shape index (κ2) is 7.16. The fourth-order valence-electron chi connectivity index (χ4n) is 1.46.